The Bertz CT molecular complexity index is 744. The minimum atomic E-state index is 0.144. The molecule has 1 unspecified atom stereocenters. The highest BCUT2D eigenvalue weighted by molar-refractivity contribution is 7.11. The van der Waals surface area contributed by atoms with E-state index in [2.05, 4.69) is 38.5 Å². The van der Waals surface area contributed by atoms with Crippen molar-refractivity contribution >= 4 is 17.3 Å². The van der Waals surface area contributed by atoms with Crippen LogP contribution in [0.25, 0.3) is 0 Å². The van der Waals surface area contributed by atoms with Crippen LogP contribution in [0.3, 0.4) is 0 Å². The first kappa shape index (κ1) is 19.9. The van der Waals surface area contributed by atoms with Gasteiger partial charge in [-0.25, -0.2) is 4.98 Å². The average Bonchev–Trinajstić information content (AvgIpc) is 3.24. The molecule has 27 heavy (non-hydrogen) atoms. The lowest BCUT2D eigenvalue weighted by atomic mass is 10.1. The highest BCUT2D eigenvalue weighted by Crippen LogP contribution is 2.23. The maximum absolute atomic E-state index is 5.92. The lowest BCUT2D eigenvalue weighted by Crippen LogP contribution is -2.46. The molecular weight excluding hydrogens is 362 g/mol. The molecule has 1 atom stereocenters. The molecule has 148 valence electrons. The second kappa shape index (κ2) is 9.34. The van der Waals surface area contributed by atoms with E-state index < -0.39 is 0 Å². The van der Waals surface area contributed by atoms with E-state index in [4.69, 9.17) is 9.15 Å². The van der Waals surface area contributed by atoms with Crippen molar-refractivity contribution in [1.82, 2.24) is 20.5 Å². The smallest absolute Gasteiger partial charge is 0.191 e. The topological polar surface area (TPSA) is 74.9 Å². The first-order valence-electron chi connectivity index (χ1n) is 9.32. The van der Waals surface area contributed by atoms with Gasteiger partial charge in [0.1, 0.15) is 16.5 Å². The quantitative estimate of drug-likeness (QED) is 0.582. The maximum atomic E-state index is 5.92. The van der Waals surface area contributed by atoms with Gasteiger partial charge in [0.2, 0.25) is 0 Å². The number of hydrogen-bond donors (Lipinski definition) is 2. The van der Waals surface area contributed by atoms with Gasteiger partial charge >= 0.3 is 0 Å². The first-order chi connectivity index (χ1) is 13.1. The minimum absolute atomic E-state index is 0.144. The van der Waals surface area contributed by atoms with Crippen molar-refractivity contribution in [1.29, 1.82) is 0 Å². The zero-order valence-corrected chi connectivity index (χ0v) is 17.4. The second-order valence-electron chi connectivity index (χ2n) is 6.67. The molecule has 0 saturated carbocycles. The molecule has 1 aliphatic rings. The summed E-state index contributed by atoms with van der Waals surface area (Å²) >= 11 is 1.72. The van der Waals surface area contributed by atoms with Crippen LogP contribution in [0.1, 0.15) is 33.1 Å². The third-order valence-electron chi connectivity index (χ3n) is 4.74. The number of nitrogens with zero attached hydrogens (tertiary/aromatic N) is 3. The number of aliphatic imine (C=N–C) groups is 1. The zero-order chi connectivity index (χ0) is 19.2. The van der Waals surface area contributed by atoms with Gasteiger partial charge in [0.05, 0.1) is 31.5 Å². The molecule has 0 spiro atoms. The van der Waals surface area contributed by atoms with E-state index >= 15 is 0 Å². The Morgan fingerprint density at radius 2 is 2.04 bits per heavy atom. The van der Waals surface area contributed by atoms with Gasteiger partial charge in [0, 0.05) is 31.6 Å². The summed E-state index contributed by atoms with van der Waals surface area (Å²) in [6.07, 6.45) is 0. The van der Waals surface area contributed by atoms with Crippen molar-refractivity contribution in [3.63, 3.8) is 0 Å². The summed E-state index contributed by atoms with van der Waals surface area (Å²) in [5, 5.41) is 7.86. The molecule has 1 fully saturated rings. The molecule has 3 rings (SSSR count). The van der Waals surface area contributed by atoms with Crippen molar-refractivity contribution in [2.75, 3.05) is 39.9 Å². The molecule has 3 heterocycles. The van der Waals surface area contributed by atoms with Crippen LogP contribution in [-0.2, 0) is 11.3 Å². The van der Waals surface area contributed by atoms with Crippen molar-refractivity contribution in [2.45, 2.75) is 33.4 Å². The summed E-state index contributed by atoms with van der Waals surface area (Å²) in [6, 6.07) is 4.22. The number of aryl methyl sites for hydroxylation is 3. The zero-order valence-electron chi connectivity index (χ0n) is 16.5. The fraction of sp³-hybridized carbons (Fsp3) is 0.579. The Balaban J connectivity index is 1.60. The van der Waals surface area contributed by atoms with E-state index in [0.29, 0.717) is 13.1 Å². The predicted molar refractivity (Wildman–Crippen MR) is 108 cm³/mol. The minimum Gasteiger partial charge on any atom is -0.465 e. The number of ether oxygens (including phenoxy) is 1. The van der Waals surface area contributed by atoms with Crippen LogP contribution < -0.4 is 10.6 Å². The van der Waals surface area contributed by atoms with E-state index in [-0.39, 0.29) is 6.04 Å². The Labute approximate surface area is 164 Å². The number of aromatic nitrogens is 1. The number of guanidine groups is 1. The van der Waals surface area contributed by atoms with E-state index in [1.807, 2.05) is 19.9 Å². The van der Waals surface area contributed by atoms with Gasteiger partial charge in [-0.15, -0.1) is 11.3 Å². The lowest BCUT2D eigenvalue weighted by Gasteiger charge is -2.33. The van der Waals surface area contributed by atoms with Crippen molar-refractivity contribution in [3.05, 3.63) is 39.2 Å². The monoisotopic (exact) mass is 391 g/mol. The second-order valence-corrected chi connectivity index (χ2v) is 7.96. The highest BCUT2D eigenvalue weighted by atomic mass is 32.1. The SMILES string of the molecule is CN=C(NCc1nc(C)c(C)s1)NCC(c1ccc(C)o1)N1CCOCC1. The molecule has 1 aliphatic heterocycles. The number of morpholine rings is 1. The van der Waals surface area contributed by atoms with Crippen LogP contribution in [0, 0.1) is 20.8 Å². The van der Waals surface area contributed by atoms with Gasteiger partial charge < -0.3 is 19.8 Å². The Morgan fingerprint density at radius 3 is 2.63 bits per heavy atom. The molecular formula is C19H29N5O2S. The molecule has 0 aliphatic carbocycles. The summed E-state index contributed by atoms with van der Waals surface area (Å²) in [5.74, 6) is 2.67. The summed E-state index contributed by atoms with van der Waals surface area (Å²) in [5.41, 5.74) is 1.10. The fourth-order valence-electron chi connectivity index (χ4n) is 3.12. The number of nitrogens with one attached hydrogen (secondary N) is 2. The van der Waals surface area contributed by atoms with Crippen LogP contribution in [0.15, 0.2) is 21.5 Å². The number of furan rings is 1. The Hall–Kier alpha value is -1.90. The summed E-state index contributed by atoms with van der Waals surface area (Å²) in [6.45, 7) is 10.8. The number of rotatable bonds is 6. The van der Waals surface area contributed by atoms with Crippen LogP contribution >= 0.6 is 11.3 Å². The number of thiazole rings is 1. The third-order valence-corrected chi connectivity index (χ3v) is 5.82. The molecule has 0 radical (unpaired) electrons. The Morgan fingerprint density at radius 1 is 1.26 bits per heavy atom. The molecule has 8 heteroatoms. The summed E-state index contributed by atoms with van der Waals surface area (Å²) < 4.78 is 11.4. The van der Waals surface area contributed by atoms with E-state index in [9.17, 15) is 0 Å². The van der Waals surface area contributed by atoms with E-state index in [1.54, 1.807) is 18.4 Å². The lowest BCUT2D eigenvalue weighted by molar-refractivity contribution is 0.0124. The van der Waals surface area contributed by atoms with E-state index in [1.165, 1.54) is 4.88 Å². The van der Waals surface area contributed by atoms with Gasteiger partial charge in [0.15, 0.2) is 5.96 Å². The van der Waals surface area contributed by atoms with Gasteiger partial charge in [-0.2, -0.15) is 0 Å². The van der Waals surface area contributed by atoms with Crippen LogP contribution in [0.2, 0.25) is 0 Å². The van der Waals surface area contributed by atoms with E-state index in [0.717, 1.165) is 54.5 Å². The van der Waals surface area contributed by atoms with Gasteiger partial charge in [-0.05, 0) is 32.9 Å². The van der Waals surface area contributed by atoms with Gasteiger partial charge in [-0.1, -0.05) is 0 Å². The maximum Gasteiger partial charge on any atom is 0.191 e. The molecule has 2 aromatic rings. The highest BCUT2D eigenvalue weighted by Gasteiger charge is 2.25. The van der Waals surface area contributed by atoms with Crippen LogP contribution in [0.4, 0.5) is 0 Å². The molecule has 7 nitrogen and oxygen atoms in total. The molecule has 0 aromatic carbocycles. The molecule has 0 bridgehead atoms. The Kier molecular flexibility index (Phi) is 6.87. The number of hydrogen-bond acceptors (Lipinski definition) is 6. The molecule has 1 saturated heterocycles. The first-order valence-corrected chi connectivity index (χ1v) is 10.1. The predicted octanol–water partition coefficient (Wildman–Crippen LogP) is 2.40. The van der Waals surface area contributed by atoms with Crippen LogP contribution in [-0.4, -0.2) is 55.7 Å². The standard InChI is InChI=1S/C19H29N5O2S/c1-13-5-6-17(26-13)16(24-7-9-25-10-8-24)11-21-19(20-4)22-12-18-23-14(2)15(3)27-18/h5-6,16H,7-12H2,1-4H3,(H2,20,21,22). The summed E-state index contributed by atoms with van der Waals surface area (Å²) in [4.78, 5) is 12.6. The summed E-state index contributed by atoms with van der Waals surface area (Å²) in [7, 11) is 1.79. The third kappa shape index (κ3) is 5.31. The molecule has 2 aromatic heterocycles. The van der Waals surface area contributed by atoms with Gasteiger partial charge in [0.25, 0.3) is 0 Å². The average molecular weight is 392 g/mol. The largest absolute Gasteiger partial charge is 0.465 e. The van der Waals surface area contributed by atoms with Crippen molar-refractivity contribution in [3.8, 4) is 0 Å². The molecule has 0 amide bonds. The van der Waals surface area contributed by atoms with Crippen molar-refractivity contribution in [2.24, 2.45) is 4.99 Å². The fourth-order valence-corrected chi connectivity index (χ4v) is 3.99. The van der Waals surface area contributed by atoms with Crippen LogP contribution in [0.5, 0.6) is 0 Å². The van der Waals surface area contributed by atoms with Crippen molar-refractivity contribution < 1.29 is 9.15 Å². The normalized spacial score (nSPS) is 17.1. The molecule has 2 N–H and O–H groups in total. The van der Waals surface area contributed by atoms with Gasteiger partial charge in [-0.3, -0.25) is 9.89 Å².